The molecule has 1 saturated heterocycles. The van der Waals surface area contributed by atoms with Gasteiger partial charge in [-0.25, -0.2) is 4.98 Å². The number of ether oxygens (including phenoxy) is 2. The molecule has 3 rings (SSSR count). The summed E-state index contributed by atoms with van der Waals surface area (Å²) in [6.07, 6.45) is 6.13. The Labute approximate surface area is 112 Å². The van der Waals surface area contributed by atoms with Crippen LogP contribution in [0.2, 0.25) is 0 Å². The van der Waals surface area contributed by atoms with E-state index < -0.39 is 0 Å². The first kappa shape index (κ1) is 12.5. The molecular formula is C13H20N2O2S. The maximum Gasteiger partial charge on any atom is 0.168 e. The van der Waals surface area contributed by atoms with Gasteiger partial charge in [-0.05, 0) is 19.8 Å². The minimum atomic E-state index is -0.247. The lowest BCUT2D eigenvalue weighted by Gasteiger charge is -2.36. The highest BCUT2D eigenvalue weighted by Crippen LogP contribution is 2.36. The van der Waals surface area contributed by atoms with Gasteiger partial charge in [0, 0.05) is 30.5 Å². The molecule has 1 aromatic rings. The molecule has 1 unspecified atom stereocenters. The van der Waals surface area contributed by atoms with Crippen molar-refractivity contribution in [2.75, 3.05) is 13.2 Å². The van der Waals surface area contributed by atoms with E-state index in [2.05, 4.69) is 17.2 Å². The standard InChI is InChI=1S/C13H20N2O2S/c1-10(12-14-6-9-18-12)15-11-2-4-13(5-3-11)16-7-8-17-13/h6,9-11,15H,2-5,7-8H2,1H3. The quantitative estimate of drug-likeness (QED) is 0.914. The zero-order valence-electron chi connectivity index (χ0n) is 10.7. The molecule has 4 nitrogen and oxygen atoms in total. The van der Waals surface area contributed by atoms with Gasteiger partial charge in [0.15, 0.2) is 5.79 Å². The molecule has 0 amide bonds. The molecule has 2 fully saturated rings. The van der Waals surface area contributed by atoms with Crippen molar-refractivity contribution in [1.29, 1.82) is 0 Å². The highest BCUT2D eigenvalue weighted by Gasteiger charge is 2.40. The molecule has 0 aromatic carbocycles. The van der Waals surface area contributed by atoms with Gasteiger partial charge in [-0.1, -0.05) is 0 Å². The summed E-state index contributed by atoms with van der Waals surface area (Å²) >= 11 is 1.72. The van der Waals surface area contributed by atoms with Crippen LogP contribution in [0.5, 0.6) is 0 Å². The molecule has 1 spiro atoms. The van der Waals surface area contributed by atoms with Crippen LogP contribution in [0.15, 0.2) is 11.6 Å². The number of nitrogens with zero attached hydrogens (tertiary/aromatic N) is 1. The lowest BCUT2D eigenvalue weighted by Crippen LogP contribution is -2.42. The Bertz CT molecular complexity index is 366. The molecule has 2 aliphatic rings. The number of hydrogen-bond donors (Lipinski definition) is 1. The summed E-state index contributed by atoms with van der Waals surface area (Å²) < 4.78 is 11.5. The first-order valence-electron chi connectivity index (χ1n) is 6.71. The third kappa shape index (κ3) is 2.59. The van der Waals surface area contributed by atoms with Crippen molar-refractivity contribution in [3.05, 3.63) is 16.6 Å². The Morgan fingerprint density at radius 2 is 2.11 bits per heavy atom. The summed E-state index contributed by atoms with van der Waals surface area (Å²) in [7, 11) is 0. The van der Waals surface area contributed by atoms with Crippen molar-refractivity contribution < 1.29 is 9.47 Å². The monoisotopic (exact) mass is 268 g/mol. The summed E-state index contributed by atoms with van der Waals surface area (Å²) in [6.45, 7) is 3.70. The highest BCUT2D eigenvalue weighted by atomic mass is 32.1. The topological polar surface area (TPSA) is 43.4 Å². The van der Waals surface area contributed by atoms with E-state index in [1.54, 1.807) is 11.3 Å². The predicted octanol–water partition coefficient (Wildman–Crippen LogP) is 2.48. The smallest absolute Gasteiger partial charge is 0.168 e. The molecule has 2 heterocycles. The van der Waals surface area contributed by atoms with E-state index in [0.29, 0.717) is 12.1 Å². The Morgan fingerprint density at radius 1 is 1.39 bits per heavy atom. The summed E-state index contributed by atoms with van der Waals surface area (Å²) in [4.78, 5) is 4.36. The van der Waals surface area contributed by atoms with Gasteiger partial charge < -0.3 is 14.8 Å². The average Bonchev–Trinajstić information content (AvgIpc) is 3.04. The van der Waals surface area contributed by atoms with Gasteiger partial charge >= 0.3 is 0 Å². The van der Waals surface area contributed by atoms with Gasteiger partial charge in [0.05, 0.1) is 19.3 Å². The van der Waals surface area contributed by atoms with Crippen LogP contribution in [0.1, 0.15) is 43.7 Å². The van der Waals surface area contributed by atoms with Crippen LogP contribution < -0.4 is 5.32 Å². The van der Waals surface area contributed by atoms with Gasteiger partial charge in [-0.15, -0.1) is 11.3 Å². The van der Waals surface area contributed by atoms with Crippen LogP contribution in [-0.4, -0.2) is 30.0 Å². The van der Waals surface area contributed by atoms with Crippen LogP contribution in [0, 0.1) is 0 Å². The Balaban J connectivity index is 1.51. The first-order chi connectivity index (χ1) is 8.77. The van der Waals surface area contributed by atoms with Gasteiger partial charge in [0.2, 0.25) is 0 Å². The zero-order valence-corrected chi connectivity index (χ0v) is 11.5. The summed E-state index contributed by atoms with van der Waals surface area (Å²) in [5.74, 6) is -0.247. The fourth-order valence-electron chi connectivity index (χ4n) is 2.88. The van der Waals surface area contributed by atoms with Crippen molar-refractivity contribution in [1.82, 2.24) is 10.3 Å². The van der Waals surface area contributed by atoms with Gasteiger partial charge in [-0.3, -0.25) is 0 Å². The van der Waals surface area contributed by atoms with Crippen molar-refractivity contribution >= 4 is 11.3 Å². The van der Waals surface area contributed by atoms with Crippen LogP contribution in [0.3, 0.4) is 0 Å². The SMILES string of the molecule is CC(NC1CCC2(CC1)OCCO2)c1nccs1. The fourth-order valence-corrected chi connectivity index (χ4v) is 3.54. The van der Waals surface area contributed by atoms with Gasteiger partial charge in [-0.2, -0.15) is 0 Å². The van der Waals surface area contributed by atoms with Crippen LogP contribution in [-0.2, 0) is 9.47 Å². The molecule has 5 heteroatoms. The van der Waals surface area contributed by atoms with E-state index in [1.165, 1.54) is 5.01 Å². The third-order valence-corrected chi connectivity index (χ3v) is 4.83. The summed E-state index contributed by atoms with van der Waals surface area (Å²) in [6, 6.07) is 0.900. The fraction of sp³-hybridized carbons (Fsp3) is 0.769. The van der Waals surface area contributed by atoms with Crippen LogP contribution >= 0.6 is 11.3 Å². The first-order valence-corrected chi connectivity index (χ1v) is 7.59. The van der Waals surface area contributed by atoms with E-state index in [9.17, 15) is 0 Å². The molecular weight excluding hydrogens is 248 g/mol. The maximum atomic E-state index is 5.75. The molecule has 0 radical (unpaired) electrons. The molecule has 0 bridgehead atoms. The predicted molar refractivity (Wildman–Crippen MR) is 70.6 cm³/mol. The number of thiazole rings is 1. The van der Waals surface area contributed by atoms with E-state index in [0.717, 1.165) is 38.9 Å². The number of hydrogen-bond acceptors (Lipinski definition) is 5. The minimum absolute atomic E-state index is 0.247. The minimum Gasteiger partial charge on any atom is -0.348 e. The molecule has 1 atom stereocenters. The summed E-state index contributed by atoms with van der Waals surface area (Å²) in [5, 5.41) is 6.87. The zero-order chi connectivity index (χ0) is 12.4. The molecule has 100 valence electrons. The number of rotatable bonds is 3. The largest absolute Gasteiger partial charge is 0.348 e. The molecule has 1 aliphatic heterocycles. The van der Waals surface area contributed by atoms with E-state index in [4.69, 9.17) is 9.47 Å². The van der Waals surface area contributed by atoms with Crippen molar-refractivity contribution in [2.24, 2.45) is 0 Å². The molecule has 1 aliphatic carbocycles. The normalized spacial score (nSPS) is 25.6. The van der Waals surface area contributed by atoms with Gasteiger partial charge in [0.1, 0.15) is 5.01 Å². The van der Waals surface area contributed by atoms with Crippen molar-refractivity contribution in [3.8, 4) is 0 Å². The molecule has 1 aromatic heterocycles. The van der Waals surface area contributed by atoms with E-state index in [1.807, 2.05) is 11.6 Å². The van der Waals surface area contributed by atoms with E-state index in [-0.39, 0.29) is 5.79 Å². The lowest BCUT2D eigenvalue weighted by atomic mass is 9.89. The Kier molecular flexibility index (Phi) is 3.66. The lowest BCUT2D eigenvalue weighted by molar-refractivity contribution is -0.179. The molecule has 1 N–H and O–H groups in total. The Morgan fingerprint density at radius 3 is 2.72 bits per heavy atom. The second kappa shape index (κ2) is 5.25. The van der Waals surface area contributed by atoms with Gasteiger partial charge in [0.25, 0.3) is 0 Å². The summed E-state index contributed by atoms with van der Waals surface area (Å²) in [5.41, 5.74) is 0. The third-order valence-electron chi connectivity index (χ3n) is 3.87. The van der Waals surface area contributed by atoms with E-state index >= 15 is 0 Å². The molecule has 1 saturated carbocycles. The van der Waals surface area contributed by atoms with Crippen molar-refractivity contribution in [2.45, 2.75) is 50.5 Å². The van der Waals surface area contributed by atoms with Crippen LogP contribution in [0.25, 0.3) is 0 Å². The van der Waals surface area contributed by atoms with Crippen LogP contribution in [0.4, 0.5) is 0 Å². The number of nitrogens with one attached hydrogen (secondary N) is 1. The average molecular weight is 268 g/mol. The maximum absolute atomic E-state index is 5.75. The second-order valence-corrected chi connectivity index (χ2v) is 6.07. The van der Waals surface area contributed by atoms with Crippen molar-refractivity contribution in [3.63, 3.8) is 0 Å². The Hall–Kier alpha value is -0.490. The highest BCUT2D eigenvalue weighted by molar-refractivity contribution is 7.09. The number of aromatic nitrogens is 1. The second-order valence-electron chi connectivity index (χ2n) is 5.14. The molecule has 18 heavy (non-hydrogen) atoms.